The van der Waals surface area contributed by atoms with Crippen molar-refractivity contribution in [2.24, 2.45) is 0 Å². The molecule has 1 aromatic carbocycles. The monoisotopic (exact) mass is 296 g/mol. The minimum absolute atomic E-state index is 0.321. The molecule has 0 radical (unpaired) electrons. The fourth-order valence-corrected chi connectivity index (χ4v) is 2.75. The zero-order chi connectivity index (χ0) is 14.0. The fourth-order valence-electron chi connectivity index (χ4n) is 1.52. The van der Waals surface area contributed by atoms with Crippen molar-refractivity contribution in [3.05, 3.63) is 34.9 Å². The SMILES string of the molecule is CC(O)c1ccc(Sc2nc(N)cc(N)n2)cc1Cl. The molecule has 0 aliphatic rings. The number of benzene rings is 1. The largest absolute Gasteiger partial charge is 0.389 e. The van der Waals surface area contributed by atoms with Crippen LogP contribution in [0, 0.1) is 0 Å². The van der Waals surface area contributed by atoms with Gasteiger partial charge < -0.3 is 16.6 Å². The summed E-state index contributed by atoms with van der Waals surface area (Å²) in [6, 6.07) is 6.84. The van der Waals surface area contributed by atoms with Crippen LogP contribution in [0.25, 0.3) is 0 Å². The summed E-state index contributed by atoms with van der Waals surface area (Å²) in [7, 11) is 0. The van der Waals surface area contributed by atoms with E-state index in [0.29, 0.717) is 27.4 Å². The molecule has 5 N–H and O–H groups in total. The maximum absolute atomic E-state index is 9.51. The van der Waals surface area contributed by atoms with Crippen LogP contribution in [0.2, 0.25) is 5.02 Å². The molecule has 0 saturated heterocycles. The fraction of sp³-hybridized carbons (Fsp3) is 0.167. The van der Waals surface area contributed by atoms with Gasteiger partial charge in [-0.05, 0) is 36.4 Å². The van der Waals surface area contributed by atoms with Crippen molar-refractivity contribution in [1.29, 1.82) is 0 Å². The van der Waals surface area contributed by atoms with E-state index in [2.05, 4.69) is 9.97 Å². The third-order valence-corrected chi connectivity index (χ3v) is 3.56. The zero-order valence-corrected chi connectivity index (χ0v) is 11.7. The predicted octanol–water partition coefficient (Wildman–Crippen LogP) is 2.50. The number of anilines is 2. The molecule has 0 amide bonds. The molecule has 0 aliphatic heterocycles. The van der Waals surface area contributed by atoms with Gasteiger partial charge in [0.05, 0.1) is 6.10 Å². The highest BCUT2D eigenvalue weighted by Crippen LogP contribution is 2.31. The summed E-state index contributed by atoms with van der Waals surface area (Å²) in [5.41, 5.74) is 11.9. The van der Waals surface area contributed by atoms with E-state index < -0.39 is 6.10 Å². The molecule has 1 heterocycles. The summed E-state index contributed by atoms with van der Waals surface area (Å²) in [6.07, 6.45) is -0.606. The van der Waals surface area contributed by atoms with E-state index in [9.17, 15) is 5.11 Å². The van der Waals surface area contributed by atoms with Crippen molar-refractivity contribution in [1.82, 2.24) is 9.97 Å². The third-order valence-electron chi connectivity index (χ3n) is 2.38. The molecule has 19 heavy (non-hydrogen) atoms. The van der Waals surface area contributed by atoms with Gasteiger partial charge in [0.1, 0.15) is 11.6 Å². The number of aliphatic hydroxyl groups is 1. The molecule has 0 aliphatic carbocycles. The Kier molecular flexibility index (Phi) is 4.14. The molecular weight excluding hydrogens is 284 g/mol. The lowest BCUT2D eigenvalue weighted by Gasteiger charge is -2.09. The molecule has 1 unspecified atom stereocenters. The number of halogens is 1. The number of aromatic nitrogens is 2. The second-order valence-electron chi connectivity index (χ2n) is 3.96. The molecule has 1 atom stereocenters. The molecule has 1 aromatic heterocycles. The number of nitrogens with two attached hydrogens (primary N) is 2. The van der Waals surface area contributed by atoms with Crippen LogP contribution in [0.1, 0.15) is 18.6 Å². The van der Waals surface area contributed by atoms with Crippen LogP contribution in [0.4, 0.5) is 11.6 Å². The zero-order valence-electron chi connectivity index (χ0n) is 10.2. The van der Waals surface area contributed by atoms with Crippen LogP contribution in [0.3, 0.4) is 0 Å². The molecule has 7 heteroatoms. The Balaban J connectivity index is 2.26. The number of hydrogen-bond donors (Lipinski definition) is 3. The summed E-state index contributed by atoms with van der Waals surface area (Å²) in [5.74, 6) is 0.642. The minimum atomic E-state index is -0.606. The van der Waals surface area contributed by atoms with E-state index in [1.165, 1.54) is 17.8 Å². The van der Waals surface area contributed by atoms with Crippen LogP contribution in [-0.2, 0) is 0 Å². The van der Waals surface area contributed by atoms with Gasteiger partial charge in [0.2, 0.25) is 0 Å². The maximum atomic E-state index is 9.51. The molecular formula is C12H13ClN4OS. The summed E-state index contributed by atoms with van der Waals surface area (Å²) in [6.45, 7) is 1.66. The highest BCUT2D eigenvalue weighted by Gasteiger charge is 2.09. The number of nitrogens with zero attached hydrogens (tertiary/aromatic N) is 2. The van der Waals surface area contributed by atoms with Gasteiger partial charge in [-0.2, -0.15) is 0 Å². The summed E-state index contributed by atoms with van der Waals surface area (Å²) in [4.78, 5) is 8.99. The lowest BCUT2D eigenvalue weighted by Crippen LogP contribution is -1.99. The number of nitrogen functional groups attached to an aromatic ring is 2. The first-order valence-corrected chi connectivity index (χ1v) is 6.70. The molecule has 0 spiro atoms. The lowest BCUT2D eigenvalue weighted by atomic mass is 10.1. The maximum Gasteiger partial charge on any atom is 0.196 e. The molecule has 2 rings (SSSR count). The quantitative estimate of drug-likeness (QED) is 0.753. The predicted molar refractivity (Wildman–Crippen MR) is 77.1 cm³/mol. The first-order chi connectivity index (χ1) is 8.95. The minimum Gasteiger partial charge on any atom is -0.389 e. The van der Waals surface area contributed by atoms with E-state index in [4.69, 9.17) is 23.1 Å². The van der Waals surface area contributed by atoms with Crippen molar-refractivity contribution in [2.75, 3.05) is 11.5 Å². The number of hydrogen-bond acceptors (Lipinski definition) is 6. The normalized spacial score (nSPS) is 12.4. The second-order valence-corrected chi connectivity index (χ2v) is 5.41. The molecule has 0 bridgehead atoms. The van der Waals surface area contributed by atoms with Crippen LogP contribution in [0.5, 0.6) is 0 Å². The van der Waals surface area contributed by atoms with Gasteiger partial charge in [0, 0.05) is 16.0 Å². The Hall–Kier alpha value is -1.50. The summed E-state index contributed by atoms with van der Waals surface area (Å²) >= 11 is 7.39. The van der Waals surface area contributed by atoms with E-state index in [0.717, 1.165) is 4.90 Å². The Bertz CT molecular complexity index is 586. The third kappa shape index (κ3) is 3.50. The lowest BCUT2D eigenvalue weighted by molar-refractivity contribution is 0.199. The first kappa shape index (κ1) is 13.9. The van der Waals surface area contributed by atoms with Gasteiger partial charge in [0.15, 0.2) is 5.16 Å². The topological polar surface area (TPSA) is 98.0 Å². The second kappa shape index (κ2) is 5.64. The highest BCUT2D eigenvalue weighted by molar-refractivity contribution is 7.99. The molecule has 100 valence electrons. The Morgan fingerprint density at radius 2 is 1.84 bits per heavy atom. The standard InChI is InChI=1S/C12H13ClN4OS/c1-6(18)8-3-2-7(4-9(8)13)19-12-16-10(14)5-11(15)17-12/h2-6,18H,1H3,(H4,14,15,16,17). The Labute approximate surface area is 120 Å². The summed E-state index contributed by atoms with van der Waals surface area (Å²) < 4.78 is 0. The van der Waals surface area contributed by atoms with E-state index in [1.54, 1.807) is 19.1 Å². The summed E-state index contributed by atoms with van der Waals surface area (Å²) in [5, 5.41) is 10.5. The van der Waals surface area contributed by atoms with E-state index in [-0.39, 0.29) is 0 Å². The average molecular weight is 297 g/mol. The van der Waals surface area contributed by atoms with Gasteiger partial charge in [-0.3, -0.25) is 0 Å². The van der Waals surface area contributed by atoms with Gasteiger partial charge in [0.25, 0.3) is 0 Å². The molecule has 0 fully saturated rings. The van der Waals surface area contributed by atoms with Crippen molar-refractivity contribution in [3.8, 4) is 0 Å². The van der Waals surface area contributed by atoms with Crippen molar-refractivity contribution < 1.29 is 5.11 Å². The van der Waals surface area contributed by atoms with Gasteiger partial charge >= 0.3 is 0 Å². The van der Waals surface area contributed by atoms with Gasteiger partial charge in [-0.15, -0.1) is 0 Å². The van der Waals surface area contributed by atoms with Crippen LogP contribution >= 0.6 is 23.4 Å². The number of aliphatic hydroxyl groups excluding tert-OH is 1. The van der Waals surface area contributed by atoms with Crippen LogP contribution < -0.4 is 11.5 Å². The average Bonchev–Trinajstić information content (AvgIpc) is 2.26. The van der Waals surface area contributed by atoms with E-state index in [1.807, 2.05) is 6.07 Å². The smallest absolute Gasteiger partial charge is 0.196 e. The first-order valence-electron chi connectivity index (χ1n) is 5.51. The molecule has 2 aromatic rings. The van der Waals surface area contributed by atoms with Crippen LogP contribution in [0.15, 0.2) is 34.3 Å². The van der Waals surface area contributed by atoms with Crippen molar-refractivity contribution >= 4 is 35.0 Å². The Morgan fingerprint density at radius 3 is 2.37 bits per heavy atom. The van der Waals surface area contributed by atoms with Crippen molar-refractivity contribution in [3.63, 3.8) is 0 Å². The van der Waals surface area contributed by atoms with Gasteiger partial charge in [-0.1, -0.05) is 17.7 Å². The van der Waals surface area contributed by atoms with Crippen molar-refractivity contribution in [2.45, 2.75) is 23.1 Å². The number of rotatable bonds is 3. The van der Waals surface area contributed by atoms with Gasteiger partial charge in [-0.25, -0.2) is 9.97 Å². The van der Waals surface area contributed by atoms with Crippen LogP contribution in [-0.4, -0.2) is 15.1 Å². The van der Waals surface area contributed by atoms with E-state index >= 15 is 0 Å². The highest BCUT2D eigenvalue weighted by atomic mass is 35.5. The molecule has 5 nitrogen and oxygen atoms in total. The Morgan fingerprint density at radius 1 is 1.21 bits per heavy atom. The molecule has 0 saturated carbocycles.